The summed E-state index contributed by atoms with van der Waals surface area (Å²) in [6.07, 6.45) is 0. The lowest BCUT2D eigenvalue weighted by Crippen LogP contribution is -2.34. The number of ether oxygens (including phenoxy) is 2. The highest BCUT2D eigenvalue weighted by Crippen LogP contribution is 2.22. The van der Waals surface area contributed by atoms with Gasteiger partial charge in [0.05, 0.1) is 24.0 Å². The standard InChI is InChI=1S/C16H16N2O7S/c1-24-13-7-3-11(4-8-13)15(16(19)25-2)17-26(22,23)14-9-5-12(6-10-14)18(20)21/h3-10,15,17H,1-2H3/t15-/m1/s1. The molecule has 0 radical (unpaired) electrons. The number of benzene rings is 2. The molecule has 2 aromatic rings. The molecular formula is C16H16N2O7S. The first-order valence-corrected chi connectivity index (χ1v) is 8.75. The monoisotopic (exact) mass is 380 g/mol. The van der Waals surface area contributed by atoms with Crippen LogP contribution in [0.1, 0.15) is 11.6 Å². The Bertz CT molecular complexity index is 893. The molecular weight excluding hydrogens is 364 g/mol. The normalized spacial score (nSPS) is 12.2. The molecule has 0 fully saturated rings. The number of sulfonamides is 1. The van der Waals surface area contributed by atoms with Crippen LogP contribution >= 0.6 is 0 Å². The largest absolute Gasteiger partial charge is 0.497 e. The third-order valence-electron chi connectivity index (χ3n) is 3.52. The lowest BCUT2D eigenvalue weighted by Gasteiger charge is -2.17. The summed E-state index contributed by atoms with van der Waals surface area (Å²) >= 11 is 0. The van der Waals surface area contributed by atoms with Gasteiger partial charge in [0, 0.05) is 12.1 Å². The Morgan fingerprint density at radius 1 is 1.08 bits per heavy atom. The Morgan fingerprint density at radius 3 is 2.12 bits per heavy atom. The molecule has 0 aliphatic rings. The number of carbonyl (C=O) groups excluding carboxylic acids is 1. The third-order valence-corrected chi connectivity index (χ3v) is 4.96. The molecule has 9 nitrogen and oxygen atoms in total. The summed E-state index contributed by atoms with van der Waals surface area (Å²) in [4.78, 5) is 21.9. The molecule has 10 heteroatoms. The van der Waals surface area contributed by atoms with Crippen LogP contribution < -0.4 is 9.46 Å². The van der Waals surface area contributed by atoms with Crippen LogP contribution in [-0.2, 0) is 19.6 Å². The Hall–Kier alpha value is -2.98. The third kappa shape index (κ3) is 4.35. The Balaban J connectivity index is 2.33. The van der Waals surface area contributed by atoms with Crippen LogP contribution in [-0.4, -0.2) is 33.5 Å². The molecule has 0 unspecified atom stereocenters. The van der Waals surface area contributed by atoms with Gasteiger partial charge >= 0.3 is 5.97 Å². The maximum atomic E-state index is 12.5. The molecule has 26 heavy (non-hydrogen) atoms. The quantitative estimate of drug-likeness (QED) is 0.441. The van der Waals surface area contributed by atoms with Crippen molar-refractivity contribution in [3.8, 4) is 5.75 Å². The van der Waals surface area contributed by atoms with Gasteiger partial charge in [-0.2, -0.15) is 4.72 Å². The Kier molecular flexibility index (Phi) is 5.90. The van der Waals surface area contributed by atoms with E-state index in [2.05, 4.69) is 9.46 Å². The van der Waals surface area contributed by atoms with Gasteiger partial charge in [-0.15, -0.1) is 0 Å². The number of carbonyl (C=O) groups is 1. The van der Waals surface area contributed by atoms with Gasteiger partial charge < -0.3 is 9.47 Å². The van der Waals surface area contributed by atoms with Crippen LogP contribution in [0.2, 0.25) is 0 Å². The minimum atomic E-state index is -4.13. The fourth-order valence-electron chi connectivity index (χ4n) is 2.14. The average molecular weight is 380 g/mol. The molecule has 0 bridgehead atoms. The number of hydrogen-bond donors (Lipinski definition) is 1. The molecule has 0 amide bonds. The van der Waals surface area contributed by atoms with Gasteiger partial charge in [0.1, 0.15) is 11.8 Å². The zero-order valence-corrected chi connectivity index (χ0v) is 14.7. The van der Waals surface area contributed by atoms with Crippen LogP contribution in [0.25, 0.3) is 0 Å². The predicted octanol–water partition coefficient (Wildman–Crippen LogP) is 1.80. The fraction of sp³-hybridized carbons (Fsp3) is 0.188. The SMILES string of the molecule is COC(=O)[C@H](NS(=O)(=O)c1ccc([N+](=O)[O-])cc1)c1ccc(OC)cc1. The van der Waals surface area contributed by atoms with Gasteiger partial charge in [-0.1, -0.05) is 12.1 Å². The number of nitrogens with zero attached hydrogens (tertiary/aromatic N) is 1. The van der Waals surface area contributed by atoms with Crippen molar-refractivity contribution in [3.05, 3.63) is 64.2 Å². The van der Waals surface area contributed by atoms with E-state index in [1.54, 1.807) is 12.1 Å². The van der Waals surface area contributed by atoms with Crippen LogP contribution in [0, 0.1) is 10.1 Å². The molecule has 2 rings (SSSR count). The van der Waals surface area contributed by atoms with E-state index < -0.39 is 27.0 Å². The van der Waals surface area contributed by atoms with E-state index in [0.717, 1.165) is 31.4 Å². The van der Waals surface area contributed by atoms with Gasteiger partial charge in [0.2, 0.25) is 10.0 Å². The Morgan fingerprint density at radius 2 is 1.65 bits per heavy atom. The molecule has 0 saturated heterocycles. The highest BCUT2D eigenvalue weighted by molar-refractivity contribution is 7.89. The van der Waals surface area contributed by atoms with E-state index in [-0.39, 0.29) is 10.6 Å². The van der Waals surface area contributed by atoms with Gasteiger partial charge in [-0.3, -0.25) is 10.1 Å². The second kappa shape index (κ2) is 7.93. The van der Waals surface area contributed by atoms with Gasteiger partial charge in [-0.05, 0) is 29.8 Å². The van der Waals surface area contributed by atoms with Crippen LogP contribution in [0.4, 0.5) is 5.69 Å². The van der Waals surface area contributed by atoms with E-state index in [1.807, 2.05) is 0 Å². The first-order valence-electron chi connectivity index (χ1n) is 7.27. The van der Waals surface area contributed by atoms with Crippen molar-refractivity contribution in [1.29, 1.82) is 0 Å². The molecule has 138 valence electrons. The molecule has 1 N–H and O–H groups in total. The highest BCUT2D eigenvalue weighted by Gasteiger charge is 2.28. The summed E-state index contributed by atoms with van der Waals surface area (Å²) in [5.74, 6) is -0.267. The summed E-state index contributed by atoms with van der Waals surface area (Å²) in [5, 5.41) is 10.7. The van der Waals surface area contributed by atoms with Gasteiger partial charge in [0.15, 0.2) is 0 Å². The lowest BCUT2D eigenvalue weighted by molar-refractivity contribution is -0.384. The number of esters is 1. The topological polar surface area (TPSA) is 125 Å². The van der Waals surface area contributed by atoms with Crippen molar-refractivity contribution in [2.24, 2.45) is 0 Å². The number of nitro benzene ring substituents is 1. The summed E-state index contributed by atoms with van der Waals surface area (Å²) in [6, 6.07) is 9.22. The molecule has 0 heterocycles. The molecule has 0 spiro atoms. The van der Waals surface area contributed by atoms with Crippen molar-refractivity contribution in [2.75, 3.05) is 14.2 Å². The van der Waals surface area contributed by atoms with Crippen LogP contribution in [0.3, 0.4) is 0 Å². The molecule has 0 aromatic heterocycles. The smallest absolute Gasteiger partial charge is 0.328 e. The zero-order chi connectivity index (χ0) is 19.3. The molecule has 0 aliphatic carbocycles. The number of nitro groups is 1. The molecule has 0 saturated carbocycles. The average Bonchev–Trinajstić information content (AvgIpc) is 2.65. The summed E-state index contributed by atoms with van der Waals surface area (Å²) in [5.41, 5.74) is 0.103. The zero-order valence-electron chi connectivity index (χ0n) is 13.9. The summed E-state index contributed by atoms with van der Waals surface area (Å²) in [6.45, 7) is 0. The van der Waals surface area contributed by atoms with E-state index in [4.69, 9.17) is 4.74 Å². The second-order valence-corrected chi connectivity index (χ2v) is 6.82. The Labute approximate surface area is 149 Å². The van der Waals surface area contributed by atoms with Crippen molar-refractivity contribution >= 4 is 21.7 Å². The fourth-order valence-corrected chi connectivity index (χ4v) is 3.31. The van der Waals surface area contributed by atoms with Gasteiger partial charge in [0.25, 0.3) is 5.69 Å². The molecule has 2 aromatic carbocycles. The van der Waals surface area contributed by atoms with Gasteiger partial charge in [-0.25, -0.2) is 13.2 Å². The first-order chi connectivity index (χ1) is 12.3. The van der Waals surface area contributed by atoms with Crippen molar-refractivity contribution in [2.45, 2.75) is 10.9 Å². The van der Waals surface area contributed by atoms with Crippen LogP contribution in [0.15, 0.2) is 53.4 Å². The maximum Gasteiger partial charge on any atom is 0.328 e. The predicted molar refractivity (Wildman–Crippen MR) is 91.2 cm³/mol. The minimum Gasteiger partial charge on any atom is -0.497 e. The maximum absolute atomic E-state index is 12.5. The number of nitrogens with one attached hydrogen (secondary N) is 1. The van der Waals surface area contributed by atoms with Crippen molar-refractivity contribution in [3.63, 3.8) is 0 Å². The van der Waals surface area contributed by atoms with E-state index >= 15 is 0 Å². The highest BCUT2D eigenvalue weighted by atomic mass is 32.2. The number of rotatable bonds is 7. The second-order valence-electron chi connectivity index (χ2n) is 5.10. The number of methoxy groups -OCH3 is 2. The summed E-state index contributed by atoms with van der Waals surface area (Å²) < 4.78 is 37.0. The summed E-state index contributed by atoms with van der Waals surface area (Å²) in [7, 11) is -1.51. The van der Waals surface area contributed by atoms with Crippen molar-refractivity contribution in [1.82, 2.24) is 4.72 Å². The molecule has 1 atom stereocenters. The van der Waals surface area contributed by atoms with E-state index in [1.165, 1.54) is 19.2 Å². The first kappa shape index (κ1) is 19.3. The van der Waals surface area contributed by atoms with Crippen LogP contribution in [0.5, 0.6) is 5.75 Å². The molecule has 0 aliphatic heterocycles. The lowest BCUT2D eigenvalue weighted by atomic mass is 10.1. The number of hydrogen-bond acceptors (Lipinski definition) is 7. The van der Waals surface area contributed by atoms with Crippen molar-refractivity contribution < 1.29 is 27.6 Å². The van der Waals surface area contributed by atoms with E-state index in [0.29, 0.717) is 11.3 Å². The minimum absolute atomic E-state index is 0.217. The van der Waals surface area contributed by atoms with E-state index in [9.17, 15) is 23.3 Å². The number of non-ortho nitro benzene ring substituents is 1.